The topological polar surface area (TPSA) is 95.9 Å². The molecule has 0 aromatic rings. The van der Waals surface area contributed by atoms with Gasteiger partial charge in [-0.2, -0.15) is 0 Å². The van der Waals surface area contributed by atoms with Crippen LogP contribution in [0.25, 0.3) is 0 Å². The first-order valence-corrected chi connectivity index (χ1v) is 35.6. The molecule has 0 aliphatic rings. The van der Waals surface area contributed by atoms with Crippen LogP contribution in [0.3, 0.4) is 0 Å². The third kappa shape index (κ3) is 63.5. The maximum atomic E-state index is 12.4. The van der Waals surface area contributed by atoms with Gasteiger partial charge in [0.2, 0.25) is 5.91 Å². The molecule has 6 nitrogen and oxygen atoms in total. The van der Waals surface area contributed by atoms with Crippen molar-refractivity contribution in [2.45, 2.75) is 411 Å². The maximum absolute atomic E-state index is 12.4. The highest BCUT2D eigenvalue weighted by molar-refractivity contribution is 5.76. The number of rotatable bonds is 67. The summed E-state index contributed by atoms with van der Waals surface area (Å²) >= 11 is 0. The Labute approximate surface area is 488 Å². The van der Waals surface area contributed by atoms with Gasteiger partial charge in [-0.1, -0.05) is 353 Å². The SMILES string of the molecule is CCCCCCCCCCCCCCCCCCCCCC(=O)OCCCCCCCCCCC/C=C\C/C=C\CCCCCCCCCCCCCCCCCCCC(=O)NC(CO)C(O)CCCCCCCCCCC. The van der Waals surface area contributed by atoms with Crippen molar-refractivity contribution >= 4 is 11.9 Å². The van der Waals surface area contributed by atoms with Crippen LogP contribution in [-0.4, -0.2) is 47.4 Å². The van der Waals surface area contributed by atoms with Crippen molar-refractivity contribution in [2.75, 3.05) is 13.2 Å². The second-order valence-electron chi connectivity index (χ2n) is 24.6. The van der Waals surface area contributed by atoms with E-state index in [0.717, 1.165) is 44.9 Å². The average Bonchev–Trinajstić information content (AvgIpc) is 3.44. The molecule has 0 aliphatic heterocycles. The van der Waals surface area contributed by atoms with Gasteiger partial charge in [-0.3, -0.25) is 9.59 Å². The highest BCUT2D eigenvalue weighted by Crippen LogP contribution is 2.19. The highest BCUT2D eigenvalue weighted by Gasteiger charge is 2.20. The molecular formula is C72H139NO5. The van der Waals surface area contributed by atoms with Crippen molar-refractivity contribution in [3.63, 3.8) is 0 Å². The van der Waals surface area contributed by atoms with Crippen molar-refractivity contribution < 1.29 is 24.5 Å². The zero-order valence-corrected chi connectivity index (χ0v) is 52.9. The van der Waals surface area contributed by atoms with Crippen LogP contribution in [0.2, 0.25) is 0 Å². The summed E-state index contributed by atoms with van der Waals surface area (Å²) in [6, 6.07) is -0.537. The van der Waals surface area contributed by atoms with Gasteiger partial charge in [0.25, 0.3) is 0 Å². The molecule has 0 aliphatic carbocycles. The second-order valence-corrected chi connectivity index (χ2v) is 24.6. The van der Waals surface area contributed by atoms with Crippen LogP contribution in [0.1, 0.15) is 399 Å². The standard InChI is InChI=1S/C72H139NO5/c1-3-5-7-9-11-13-14-15-16-17-33-37-40-43-46-50-54-58-62-66-72(77)78-67-63-59-55-51-47-44-41-38-35-32-30-28-26-24-22-20-18-19-21-23-25-27-29-31-34-36-39-42-45-49-53-57-61-65-71(76)73-69(68-74)70(75)64-60-56-52-48-12-10-8-6-4-2/h22,24,28,30,69-70,74-75H,3-21,23,25-27,29,31-68H2,1-2H3,(H,73,76)/b24-22-,30-28-. The van der Waals surface area contributed by atoms with E-state index in [0.29, 0.717) is 25.9 Å². The summed E-state index contributed by atoms with van der Waals surface area (Å²) in [4.78, 5) is 24.5. The van der Waals surface area contributed by atoms with E-state index in [4.69, 9.17) is 4.74 Å². The number of aliphatic hydroxyl groups excluding tert-OH is 2. The van der Waals surface area contributed by atoms with Crippen LogP contribution in [-0.2, 0) is 14.3 Å². The Bertz CT molecular complexity index is 1220. The van der Waals surface area contributed by atoms with E-state index in [2.05, 4.69) is 43.5 Å². The van der Waals surface area contributed by atoms with Crippen molar-refractivity contribution in [2.24, 2.45) is 0 Å². The van der Waals surface area contributed by atoms with Gasteiger partial charge in [0, 0.05) is 12.8 Å². The number of amides is 1. The fourth-order valence-electron chi connectivity index (χ4n) is 11.3. The molecule has 6 heteroatoms. The van der Waals surface area contributed by atoms with Crippen LogP contribution in [0.15, 0.2) is 24.3 Å². The minimum absolute atomic E-state index is 0.0196. The Morgan fingerprint density at radius 3 is 0.974 bits per heavy atom. The van der Waals surface area contributed by atoms with E-state index in [1.54, 1.807) is 0 Å². The monoisotopic (exact) mass is 1100 g/mol. The number of hydrogen-bond acceptors (Lipinski definition) is 5. The predicted octanol–water partition coefficient (Wildman–Crippen LogP) is 22.9. The Morgan fingerprint density at radius 2 is 0.641 bits per heavy atom. The summed E-state index contributed by atoms with van der Waals surface area (Å²) in [5.74, 6) is -0.0143. The number of carbonyl (C=O) groups is 2. The van der Waals surface area contributed by atoms with Gasteiger partial charge < -0.3 is 20.3 Å². The summed E-state index contributed by atoms with van der Waals surface area (Å²) in [7, 11) is 0. The number of carbonyl (C=O) groups excluding carboxylic acids is 2. The van der Waals surface area contributed by atoms with E-state index >= 15 is 0 Å². The molecule has 0 spiro atoms. The molecule has 0 radical (unpaired) electrons. The largest absolute Gasteiger partial charge is 0.466 e. The summed E-state index contributed by atoms with van der Waals surface area (Å²) in [5, 5.41) is 23.1. The number of hydrogen-bond donors (Lipinski definition) is 3. The number of aliphatic hydroxyl groups is 2. The molecule has 2 unspecified atom stereocenters. The number of nitrogens with one attached hydrogen (secondary N) is 1. The van der Waals surface area contributed by atoms with E-state index < -0.39 is 12.1 Å². The summed E-state index contributed by atoms with van der Waals surface area (Å²) < 4.78 is 5.51. The Kier molecular flexibility index (Phi) is 66.4. The molecule has 0 fully saturated rings. The highest BCUT2D eigenvalue weighted by atomic mass is 16.5. The zero-order valence-electron chi connectivity index (χ0n) is 52.9. The molecule has 78 heavy (non-hydrogen) atoms. The van der Waals surface area contributed by atoms with Gasteiger partial charge in [0.15, 0.2) is 0 Å². The Hall–Kier alpha value is -1.66. The van der Waals surface area contributed by atoms with Crippen molar-refractivity contribution in [1.82, 2.24) is 5.32 Å². The van der Waals surface area contributed by atoms with Crippen LogP contribution in [0.4, 0.5) is 0 Å². The number of esters is 1. The minimum atomic E-state index is -0.660. The molecule has 0 heterocycles. The van der Waals surface area contributed by atoms with E-state index in [1.165, 1.54) is 321 Å². The molecule has 1 amide bonds. The molecule has 0 rings (SSSR count). The van der Waals surface area contributed by atoms with E-state index in [9.17, 15) is 19.8 Å². The summed E-state index contributed by atoms with van der Waals surface area (Å²) in [6.45, 7) is 4.96. The average molecular weight is 1100 g/mol. The third-order valence-electron chi connectivity index (χ3n) is 16.8. The first-order chi connectivity index (χ1) is 38.5. The molecule has 0 saturated heterocycles. The molecule has 0 aromatic heterocycles. The van der Waals surface area contributed by atoms with Crippen molar-refractivity contribution in [3.8, 4) is 0 Å². The smallest absolute Gasteiger partial charge is 0.305 e. The van der Waals surface area contributed by atoms with Gasteiger partial charge in [0.05, 0.1) is 25.4 Å². The number of allylic oxidation sites excluding steroid dienone is 4. The molecule has 462 valence electrons. The first kappa shape index (κ1) is 76.3. The number of unbranched alkanes of at least 4 members (excludes halogenated alkanes) is 52. The van der Waals surface area contributed by atoms with Crippen molar-refractivity contribution in [3.05, 3.63) is 24.3 Å². The summed E-state index contributed by atoms with van der Waals surface area (Å²) in [6.07, 6.45) is 85.4. The molecule has 2 atom stereocenters. The lowest BCUT2D eigenvalue weighted by atomic mass is 10.0. The Balaban J connectivity index is 3.33. The molecule has 0 aromatic carbocycles. The summed E-state index contributed by atoms with van der Waals surface area (Å²) in [5.41, 5.74) is 0. The fraction of sp³-hybridized carbons (Fsp3) is 0.917. The van der Waals surface area contributed by atoms with Gasteiger partial charge in [-0.25, -0.2) is 0 Å². The minimum Gasteiger partial charge on any atom is -0.466 e. The lowest BCUT2D eigenvalue weighted by Crippen LogP contribution is -2.45. The van der Waals surface area contributed by atoms with E-state index in [-0.39, 0.29) is 18.5 Å². The first-order valence-electron chi connectivity index (χ1n) is 35.6. The third-order valence-corrected chi connectivity index (χ3v) is 16.8. The fourth-order valence-corrected chi connectivity index (χ4v) is 11.3. The van der Waals surface area contributed by atoms with Crippen LogP contribution in [0, 0.1) is 0 Å². The van der Waals surface area contributed by atoms with Gasteiger partial charge in [-0.15, -0.1) is 0 Å². The lowest BCUT2D eigenvalue weighted by molar-refractivity contribution is -0.143. The lowest BCUT2D eigenvalue weighted by Gasteiger charge is -2.22. The van der Waals surface area contributed by atoms with Crippen LogP contribution in [0.5, 0.6) is 0 Å². The molecule has 0 saturated carbocycles. The zero-order chi connectivity index (χ0) is 56.4. The Morgan fingerprint density at radius 1 is 0.359 bits per heavy atom. The maximum Gasteiger partial charge on any atom is 0.305 e. The number of ether oxygens (including phenoxy) is 1. The normalized spacial score (nSPS) is 12.6. The van der Waals surface area contributed by atoms with Gasteiger partial charge in [0.1, 0.15) is 0 Å². The quantitative estimate of drug-likeness (QED) is 0.0320. The predicted molar refractivity (Wildman–Crippen MR) is 343 cm³/mol. The van der Waals surface area contributed by atoms with Crippen molar-refractivity contribution in [1.29, 1.82) is 0 Å². The van der Waals surface area contributed by atoms with Gasteiger partial charge in [-0.05, 0) is 57.8 Å². The van der Waals surface area contributed by atoms with Gasteiger partial charge >= 0.3 is 5.97 Å². The van der Waals surface area contributed by atoms with Crippen LogP contribution < -0.4 is 5.32 Å². The molecule has 0 bridgehead atoms. The van der Waals surface area contributed by atoms with E-state index in [1.807, 2.05) is 0 Å². The van der Waals surface area contributed by atoms with Crippen LogP contribution >= 0.6 is 0 Å². The second kappa shape index (κ2) is 67.8. The molecular weight excluding hydrogens is 959 g/mol. The molecule has 3 N–H and O–H groups in total.